The van der Waals surface area contributed by atoms with Crippen LogP contribution in [-0.4, -0.2) is 29.5 Å². The van der Waals surface area contributed by atoms with Crippen molar-refractivity contribution in [2.45, 2.75) is 25.4 Å². The first kappa shape index (κ1) is 13.8. The van der Waals surface area contributed by atoms with Crippen LogP contribution >= 0.6 is 0 Å². The molecule has 1 heterocycles. The average molecular weight is 285 g/mol. The minimum Gasteiger partial charge on any atom is -0.490 e. The highest BCUT2D eigenvalue weighted by atomic mass is 16.5. The summed E-state index contributed by atoms with van der Waals surface area (Å²) >= 11 is 0. The molecular formula is C16H19N3O2. The van der Waals surface area contributed by atoms with Crippen LogP contribution in [-0.2, 0) is 6.54 Å². The first-order chi connectivity index (χ1) is 10.4. The summed E-state index contributed by atoms with van der Waals surface area (Å²) in [6.45, 7) is 1.70. The molecule has 0 unspecified atom stereocenters. The standard InChI is InChI=1S/C16H19N3O2/c1-2-4-15(5-3-1)20-10-11-21-16-9-8-14(18-19-16)12-17-13-6-7-13/h1-5,8-9,13,17H,6-7,10-12H2. The van der Waals surface area contributed by atoms with Crippen molar-refractivity contribution in [2.75, 3.05) is 13.2 Å². The maximum absolute atomic E-state index is 5.54. The molecule has 1 fully saturated rings. The lowest BCUT2D eigenvalue weighted by Gasteiger charge is -2.07. The van der Waals surface area contributed by atoms with E-state index in [0.717, 1.165) is 18.0 Å². The first-order valence-electron chi connectivity index (χ1n) is 7.27. The molecule has 1 aromatic carbocycles. The van der Waals surface area contributed by atoms with Gasteiger partial charge in [-0.2, -0.15) is 5.10 Å². The van der Waals surface area contributed by atoms with Crippen molar-refractivity contribution < 1.29 is 9.47 Å². The van der Waals surface area contributed by atoms with E-state index >= 15 is 0 Å². The minimum atomic E-state index is 0.448. The fraction of sp³-hybridized carbons (Fsp3) is 0.375. The van der Waals surface area contributed by atoms with Crippen molar-refractivity contribution in [3.8, 4) is 11.6 Å². The summed E-state index contributed by atoms with van der Waals surface area (Å²) in [5.41, 5.74) is 0.940. The highest BCUT2D eigenvalue weighted by molar-refractivity contribution is 5.20. The highest BCUT2D eigenvalue weighted by Crippen LogP contribution is 2.19. The molecule has 1 aliphatic rings. The monoisotopic (exact) mass is 285 g/mol. The van der Waals surface area contributed by atoms with Gasteiger partial charge in [0.1, 0.15) is 19.0 Å². The van der Waals surface area contributed by atoms with Gasteiger partial charge in [-0.05, 0) is 31.0 Å². The van der Waals surface area contributed by atoms with Gasteiger partial charge in [-0.3, -0.25) is 0 Å². The van der Waals surface area contributed by atoms with Crippen LogP contribution < -0.4 is 14.8 Å². The number of hydrogen-bond acceptors (Lipinski definition) is 5. The van der Waals surface area contributed by atoms with Gasteiger partial charge in [-0.15, -0.1) is 5.10 Å². The summed E-state index contributed by atoms with van der Waals surface area (Å²) in [6, 6.07) is 14.1. The molecule has 0 bridgehead atoms. The maximum Gasteiger partial charge on any atom is 0.233 e. The van der Waals surface area contributed by atoms with Crippen LogP contribution in [0.1, 0.15) is 18.5 Å². The van der Waals surface area contributed by atoms with Crippen LogP contribution in [0.2, 0.25) is 0 Å². The average Bonchev–Trinajstić information content (AvgIpc) is 3.36. The van der Waals surface area contributed by atoms with Gasteiger partial charge in [0, 0.05) is 18.7 Å². The van der Waals surface area contributed by atoms with Crippen LogP contribution in [0, 0.1) is 0 Å². The molecular weight excluding hydrogens is 266 g/mol. The van der Waals surface area contributed by atoms with E-state index in [4.69, 9.17) is 9.47 Å². The van der Waals surface area contributed by atoms with Crippen LogP contribution in [0.4, 0.5) is 0 Å². The Labute approximate surface area is 124 Å². The largest absolute Gasteiger partial charge is 0.490 e. The third kappa shape index (κ3) is 4.72. The van der Waals surface area contributed by atoms with Gasteiger partial charge in [0.05, 0.1) is 5.69 Å². The number of nitrogens with zero attached hydrogens (tertiary/aromatic N) is 2. The second kappa shape index (κ2) is 7.04. The SMILES string of the molecule is c1ccc(OCCOc2ccc(CNC3CC3)nn2)cc1. The van der Waals surface area contributed by atoms with Crippen LogP contribution in [0.25, 0.3) is 0 Å². The summed E-state index contributed by atoms with van der Waals surface area (Å²) in [5, 5.41) is 11.6. The Morgan fingerprint density at radius 2 is 1.76 bits per heavy atom. The molecule has 1 aromatic heterocycles. The summed E-state index contributed by atoms with van der Waals surface area (Å²) in [7, 11) is 0. The molecule has 5 nitrogen and oxygen atoms in total. The van der Waals surface area contributed by atoms with Crippen molar-refractivity contribution in [1.82, 2.24) is 15.5 Å². The molecule has 0 radical (unpaired) electrons. The Hall–Kier alpha value is -2.14. The third-order valence-electron chi connectivity index (χ3n) is 3.19. The van der Waals surface area contributed by atoms with E-state index in [1.807, 2.05) is 42.5 Å². The second-order valence-corrected chi connectivity index (χ2v) is 5.03. The zero-order valence-electron chi connectivity index (χ0n) is 11.9. The molecule has 110 valence electrons. The lowest BCUT2D eigenvalue weighted by molar-refractivity contribution is 0.210. The quantitative estimate of drug-likeness (QED) is 0.753. The summed E-state index contributed by atoms with van der Waals surface area (Å²) in [5.74, 6) is 1.37. The van der Waals surface area contributed by atoms with Gasteiger partial charge in [0.15, 0.2) is 0 Å². The highest BCUT2D eigenvalue weighted by Gasteiger charge is 2.20. The van der Waals surface area contributed by atoms with Gasteiger partial charge < -0.3 is 14.8 Å². The molecule has 1 saturated carbocycles. The molecule has 1 aliphatic carbocycles. The van der Waals surface area contributed by atoms with Gasteiger partial charge in [-0.1, -0.05) is 18.2 Å². The van der Waals surface area contributed by atoms with Gasteiger partial charge in [0.25, 0.3) is 0 Å². The molecule has 0 amide bonds. The molecule has 5 heteroatoms. The predicted octanol–water partition coefficient (Wildman–Crippen LogP) is 2.19. The van der Waals surface area contributed by atoms with E-state index in [1.165, 1.54) is 12.8 Å². The topological polar surface area (TPSA) is 56.3 Å². The fourth-order valence-electron chi connectivity index (χ4n) is 1.88. The molecule has 21 heavy (non-hydrogen) atoms. The summed E-state index contributed by atoms with van der Waals surface area (Å²) in [4.78, 5) is 0. The zero-order chi connectivity index (χ0) is 14.3. The Morgan fingerprint density at radius 3 is 2.48 bits per heavy atom. The van der Waals surface area contributed by atoms with Crippen LogP contribution in [0.5, 0.6) is 11.6 Å². The maximum atomic E-state index is 5.54. The first-order valence-corrected chi connectivity index (χ1v) is 7.27. The van der Waals surface area contributed by atoms with Crippen molar-refractivity contribution in [1.29, 1.82) is 0 Å². The molecule has 3 rings (SSSR count). The van der Waals surface area contributed by atoms with Crippen molar-refractivity contribution in [2.24, 2.45) is 0 Å². The Balaban J connectivity index is 1.36. The molecule has 0 spiro atoms. The third-order valence-corrected chi connectivity index (χ3v) is 3.19. The molecule has 0 saturated heterocycles. The summed E-state index contributed by atoms with van der Waals surface area (Å²) < 4.78 is 11.0. The van der Waals surface area contributed by atoms with Crippen molar-refractivity contribution in [3.63, 3.8) is 0 Å². The predicted molar refractivity (Wildman–Crippen MR) is 79.3 cm³/mol. The number of hydrogen-bond donors (Lipinski definition) is 1. The van der Waals surface area contributed by atoms with E-state index < -0.39 is 0 Å². The number of rotatable bonds is 8. The molecule has 0 atom stereocenters. The van der Waals surface area contributed by atoms with Gasteiger partial charge in [-0.25, -0.2) is 0 Å². The van der Waals surface area contributed by atoms with E-state index in [-0.39, 0.29) is 0 Å². The molecule has 0 aliphatic heterocycles. The van der Waals surface area contributed by atoms with Crippen LogP contribution in [0.15, 0.2) is 42.5 Å². The normalized spacial score (nSPS) is 13.9. The summed E-state index contributed by atoms with van der Waals surface area (Å²) in [6.07, 6.45) is 2.55. The number of para-hydroxylation sites is 1. The Bertz CT molecular complexity index is 541. The number of ether oxygens (including phenoxy) is 2. The van der Waals surface area contributed by atoms with Crippen molar-refractivity contribution in [3.05, 3.63) is 48.2 Å². The number of aromatic nitrogens is 2. The van der Waals surface area contributed by atoms with Crippen LogP contribution in [0.3, 0.4) is 0 Å². The van der Waals surface area contributed by atoms with E-state index in [1.54, 1.807) is 0 Å². The lowest BCUT2D eigenvalue weighted by Crippen LogP contribution is -2.16. The van der Waals surface area contributed by atoms with Gasteiger partial charge >= 0.3 is 0 Å². The van der Waals surface area contributed by atoms with Gasteiger partial charge in [0.2, 0.25) is 5.88 Å². The zero-order valence-corrected chi connectivity index (χ0v) is 11.9. The van der Waals surface area contributed by atoms with E-state index in [2.05, 4.69) is 15.5 Å². The number of benzene rings is 1. The minimum absolute atomic E-state index is 0.448. The molecule has 1 N–H and O–H groups in total. The lowest BCUT2D eigenvalue weighted by atomic mass is 10.3. The van der Waals surface area contributed by atoms with E-state index in [9.17, 15) is 0 Å². The Morgan fingerprint density at radius 1 is 0.952 bits per heavy atom. The fourth-order valence-corrected chi connectivity index (χ4v) is 1.88. The number of nitrogens with one attached hydrogen (secondary N) is 1. The second-order valence-electron chi connectivity index (χ2n) is 5.03. The smallest absolute Gasteiger partial charge is 0.233 e. The van der Waals surface area contributed by atoms with Crippen molar-refractivity contribution >= 4 is 0 Å². The van der Waals surface area contributed by atoms with E-state index in [0.29, 0.717) is 25.1 Å². The molecule has 2 aromatic rings. The Kier molecular flexibility index (Phi) is 4.63.